The van der Waals surface area contributed by atoms with E-state index in [1.807, 2.05) is 0 Å². The summed E-state index contributed by atoms with van der Waals surface area (Å²) in [5.74, 6) is -2.01. The number of imide groups is 1. The van der Waals surface area contributed by atoms with Crippen molar-refractivity contribution in [3.05, 3.63) is 72.1 Å². The molecule has 0 radical (unpaired) electrons. The van der Waals surface area contributed by atoms with Gasteiger partial charge >= 0.3 is 23.6 Å². The average Bonchev–Trinajstić information content (AvgIpc) is 3.17. The molecule has 1 fully saturated rings. The number of aromatic nitrogens is 2. The number of nitrogens with one attached hydrogen (secondary N) is 3. The number of benzene rings is 1. The number of anilines is 3. The first-order valence-electron chi connectivity index (χ1n) is 12.3. The van der Waals surface area contributed by atoms with Crippen LogP contribution in [0.1, 0.15) is 36.8 Å². The molecular weight excluding hydrogens is 577 g/mol. The largest absolute Gasteiger partial charge is 0.446 e. The lowest BCUT2D eigenvalue weighted by Crippen LogP contribution is -2.55. The molecule has 12 nitrogen and oxygen atoms in total. The third-order valence-corrected chi connectivity index (χ3v) is 7.58. The predicted octanol–water partition coefficient (Wildman–Crippen LogP) is 4.47. The van der Waals surface area contributed by atoms with Gasteiger partial charge in [-0.2, -0.15) is 13.2 Å². The SMILES string of the molecule is CC(c1ccnc(NC(N)=O)c1)C1(C(C)c2ccnc(NC(N)=O)c2)NC(=O)N(c2ccc(SC(F)(F)F)cc2)C1=O. The zero-order valence-electron chi connectivity index (χ0n) is 22.1. The maximum absolute atomic E-state index is 14.4. The summed E-state index contributed by atoms with van der Waals surface area (Å²) in [4.78, 5) is 59.5. The van der Waals surface area contributed by atoms with Crippen LogP contribution in [-0.4, -0.2) is 45.0 Å². The summed E-state index contributed by atoms with van der Waals surface area (Å²) in [6.07, 6.45) is 2.79. The summed E-state index contributed by atoms with van der Waals surface area (Å²) in [5, 5.41) is 7.56. The zero-order valence-corrected chi connectivity index (χ0v) is 22.9. The van der Waals surface area contributed by atoms with Crippen molar-refractivity contribution < 1.29 is 32.3 Å². The maximum atomic E-state index is 14.4. The molecule has 1 saturated heterocycles. The predicted molar refractivity (Wildman–Crippen MR) is 149 cm³/mol. The number of hydrogen-bond donors (Lipinski definition) is 5. The zero-order chi connectivity index (χ0) is 30.8. The van der Waals surface area contributed by atoms with Crippen LogP contribution in [0.4, 0.5) is 44.9 Å². The number of primary amides is 2. The molecular formula is C26H25F3N8O4S. The average molecular weight is 603 g/mol. The molecule has 1 aliphatic heterocycles. The van der Waals surface area contributed by atoms with Gasteiger partial charge in [-0.3, -0.25) is 15.4 Å². The molecule has 0 bridgehead atoms. The molecule has 42 heavy (non-hydrogen) atoms. The van der Waals surface area contributed by atoms with Gasteiger partial charge in [0.05, 0.1) is 5.69 Å². The van der Waals surface area contributed by atoms with E-state index >= 15 is 0 Å². The van der Waals surface area contributed by atoms with Crippen LogP contribution in [-0.2, 0) is 4.79 Å². The van der Waals surface area contributed by atoms with E-state index < -0.39 is 46.9 Å². The van der Waals surface area contributed by atoms with Crippen molar-refractivity contribution in [2.75, 3.05) is 15.5 Å². The second-order valence-electron chi connectivity index (χ2n) is 9.35. The number of hydrogen-bond acceptors (Lipinski definition) is 7. The Balaban J connectivity index is 1.80. The van der Waals surface area contributed by atoms with E-state index in [0.717, 1.165) is 17.0 Å². The van der Waals surface area contributed by atoms with E-state index in [0.29, 0.717) is 11.1 Å². The van der Waals surface area contributed by atoms with Crippen molar-refractivity contribution in [1.82, 2.24) is 15.3 Å². The fourth-order valence-electron chi connectivity index (χ4n) is 4.90. The fraction of sp³-hybridized carbons (Fsp3) is 0.231. The highest BCUT2D eigenvalue weighted by Crippen LogP contribution is 2.45. The number of urea groups is 3. The monoisotopic (exact) mass is 602 g/mol. The van der Waals surface area contributed by atoms with Gasteiger partial charge in [-0.15, -0.1) is 0 Å². The Morgan fingerprint density at radius 1 is 0.905 bits per heavy atom. The number of pyridine rings is 2. The lowest BCUT2D eigenvalue weighted by Gasteiger charge is -2.39. The standard InChI is InChI=1S/C26H25F3N8O4S/c1-13(15-7-9-32-19(11-15)34-22(30)39)25(14(2)16-8-10-33-20(12-16)35-23(31)40)21(38)37(24(41)36-25)17-3-5-18(6-4-17)42-26(27,28)29/h3-14H,1-2H3,(H,36,41)(H3,30,32,34,39)(H3,31,33,35,40). The lowest BCUT2D eigenvalue weighted by molar-refractivity contribution is -0.123. The van der Waals surface area contributed by atoms with Crippen LogP contribution in [0.3, 0.4) is 0 Å². The molecule has 0 saturated carbocycles. The number of thioether (sulfide) groups is 1. The van der Waals surface area contributed by atoms with Crippen molar-refractivity contribution >= 4 is 53.1 Å². The Morgan fingerprint density at radius 2 is 1.38 bits per heavy atom. The van der Waals surface area contributed by atoms with Gasteiger partial charge in [-0.25, -0.2) is 29.3 Å². The molecule has 220 valence electrons. The molecule has 7 amide bonds. The van der Waals surface area contributed by atoms with Crippen molar-refractivity contribution in [2.24, 2.45) is 11.5 Å². The first-order chi connectivity index (χ1) is 19.7. The Labute approximate surface area is 241 Å². The number of alkyl halides is 3. The molecule has 2 atom stereocenters. The van der Waals surface area contributed by atoms with Gasteiger partial charge in [0.25, 0.3) is 5.91 Å². The number of amides is 7. The Morgan fingerprint density at radius 3 is 1.81 bits per heavy atom. The highest BCUT2D eigenvalue weighted by molar-refractivity contribution is 8.00. The van der Waals surface area contributed by atoms with E-state index in [4.69, 9.17) is 11.5 Å². The molecule has 1 aliphatic rings. The van der Waals surface area contributed by atoms with Gasteiger partial charge in [0, 0.05) is 29.1 Å². The van der Waals surface area contributed by atoms with Crippen LogP contribution in [0.15, 0.2) is 65.8 Å². The summed E-state index contributed by atoms with van der Waals surface area (Å²) in [6.45, 7) is 3.38. The van der Waals surface area contributed by atoms with Gasteiger partial charge in [-0.05, 0) is 71.4 Å². The molecule has 2 unspecified atom stereocenters. The molecule has 0 aliphatic carbocycles. The summed E-state index contributed by atoms with van der Waals surface area (Å²) in [7, 11) is 0. The third kappa shape index (κ3) is 6.22. The second-order valence-corrected chi connectivity index (χ2v) is 10.5. The highest BCUT2D eigenvalue weighted by atomic mass is 32.2. The van der Waals surface area contributed by atoms with E-state index in [1.54, 1.807) is 26.0 Å². The first-order valence-corrected chi connectivity index (χ1v) is 13.1. The van der Waals surface area contributed by atoms with Crippen LogP contribution in [0.2, 0.25) is 0 Å². The lowest BCUT2D eigenvalue weighted by atomic mass is 9.70. The van der Waals surface area contributed by atoms with Crippen molar-refractivity contribution in [1.29, 1.82) is 0 Å². The Kier molecular flexibility index (Phi) is 8.28. The molecule has 7 N–H and O–H groups in total. The molecule has 0 spiro atoms. The van der Waals surface area contributed by atoms with E-state index in [9.17, 15) is 32.3 Å². The number of nitrogens with two attached hydrogens (primary N) is 2. The van der Waals surface area contributed by atoms with Crippen molar-refractivity contribution in [2.45, 2.75) is 41.6 Å². The number of rotatable bonds is 8. The van der Waals surface area contributed by atoms with Crippen LogP contribution >= 0.6 is 11.8 Å². The smallest absolute Gasteiger partial charge is 0.351 e. The number of halogens is 3. The van der Waals surface area contributed by atoms with E-state index in [1.165, 1.54) is 36.7 Å². The molecule has 2 aromatic heterocycles. The van der Waals surface area contributed by atoms with Gasteiger partial charge in [-0.1, -0.05) is 13.8 Å². The topological polar surface area (TPSA) is 185 Å². The van der Waals surface area contributed by atoms with Crippen LogP contribution in [0.5, 0.6) is 0 Å². The van der Waals surface area contributed by atoms with E-state index in [-0.39, 0.29) is 34.0 Å². The number of carbonyl (C=O) groups excluding carboxylic acids is 4. The van der Waals surface area contributed by atoms with Crippen LogP contribution < -0.4 is 32.3 Å². The van der Waals surface area contributed by atoms with E-state index in [2.05, 4.69) is 25.9 Å². The molecule has 1 aromatic carbocycles. The minimum Gasteiger partial charge on any atom is -0.351 e. The summed E-state index contributed by atoms with van der Waals surface area (Å²) in [6, 6.07) is 8.51. The van der Waals surface area contributed by atoms with Gasteiger partial charge in [0.2, 0.25) is 0 Å². The summed E-state index contributed by atoms with van der Waals surface area (Å²) < 4.78 is 38.5. The molecule has 4 rings (SSSR count). The summed E-state index contributed by atoms with van der Waals surface area (Å²) in [5.41, 5.74) is 5.31. The van der Waals surface area contributed by atoms with Crippen molar-refractivity contribution in [3.8, 4) is 0 Å². The van der Waals surface area contributed by atoms with Gasteiger partial charge in [0.1, 0.15) is 17.2 Å². The third-order valence-electron chi connectivity index (χ3n) is 6.84. The highest BCUT2D eigenvalue weighted by Gasteiger charge is 2.58. The summed E-state index contributed by atoms with van der Waals surface area (Å²) >= 11 is -0.325. The van der Waals surface area contributed by atoms with Gasteiger partial charge in [0.15, 0.2) is 0 Å². The fourth-order valence-corrected chi connectivity index (χ4v) is 5.44. The molecule has 16 heteroatoms. The first kappa shape index (κ1) is 30.1. The number of nitrogens with zero attached hydrogens (tertiary/aromatic N) is 3. The van der Waals surface area contributed by atoms with Crippen molar-refractivity contribution in [3.63, 3.8) is 0 Å². The van der Waals surface area contributed by atoms with Crippen LogP contribution in [0, 0.1) is 0 Å². The second kappa shape index (κ2) is 11.6. The minimum absolute atomic E-state index is 0.0573. The Bertz CT molecular complexity index is 1470. The number of carbonyl (C=O) groups is 4. The van der Waals surface area contributed by atoms with Crippen LogP contribution in [0.25, 0.3) is 0 Å². The molecule has 3 heterocycles. The van der Waals surface area contributed by atoms with Gasteiger partial charge < -0.3 is 16.8 Å². The Hall–Kier alpha value is -4.86. The molecule has 3 aromatic rings. The minimum atomic E-state index is -4.51. The quantitative estimate of drug-likeness (QED) is 0.186. The maximum Gasteiger partial charge on any atom is 0.446 e. The normalized spacial score (nSPS) is 18.3.